The van der Waals surface area contributed by atoms with Crippen LogP contribution in [0.3, 0.4) is 0 Å². The second kappa shape index (κ2) is 6.40. The number of nitrogens with one attached hydrogen (secondary N) is 2. The Morgan fingerprint density at radius 2 is 1.96 bits per heavy atom. The van der Waals surface area contributed by atoms with Gasteiger partial charge in [-0.25, -0.2) is 0 Å². The first-order chi connectivity index (χ1) is 11.8. The molecule has 2 N–H and O–H groups in total. The first kappa shape index (κ1) is 15.4. The second-order valence-corrected chi connectivity index (χ2v) is 7.13. The molecule has 1 unspecified atom stereocenters. The van der Waals surface area contributed by atoms with Crippen LogP contribution in [0.1, 0.15) is 30.5 Å². The van der Waals surface area contributed by atoms with Gasteiger partial charge in [0.2, 0.25) is 5.91 Å². The van der Waals surface area contributed by atoms with Gasteiger partial charge in [-0.05, 0) is 49.4 Å². The number of aromatic amines is 1. The molecule has 2 aromatic rings. The van der Waals surface area contributed by atoms with E-state index in [0.717, 1.165) is 38.0 Å². The third kappa shape index (κ3) is 3.08. The van der Waals surface area contributed by atoms with E-state index in [2.05, 4.69) is 27.6 Å². The number of rotatable bonds is 5. The number of hydrogen-bond donors (Lipinski definition) is 2. The molecule has 1 amide bonds. The molecule has 5 nitrogen and oxygen atoms in total. The smallest absolute Gasteiger partial charge is 0.226 e. The van der Waals surface area contributed by atoms with Gasteiger partial charge in [0.25, 0.3) is 0 Å². The number of piperidine rings is 1. The van der Waals surface area contributed by atoms with Crippen LogP contribution < -0.4 is 5.32 Å². The Bertz CT molecular complexity index is 677. The van der Waals surface area contributed by atoms with E-state index >= 15 is 0 Å². The standard InChI is InChI=1S/C19H24N4O/c24-18(17-12-19(17)7-10-20-11-8-19)23(14-16-6-9-21-22-16)13-15-4-2-1-3-5-15/h1-6,9,17,20H,7-8,10-14H2,(H,21,22). The predicted octanol–water partition coefficient (Wildman–Crippen LogP) is 2.33. The van der Waals surface area contributed by atoms with Crippen LogP contribution in [0.4, 0.5) is 0 Å². The summed E-state index contributed by atoms with van der Waals surface area (Å²) in [6.07, 6.45) is 5.06. The fourth-order valence-corrected chi connectivity index (χ4v) is 3.99. The molecule has 0 radical (unpaired) electrons. The van der Waals surface area contributed by atoms with Gasteiger partial charge < -0.3 is 10.2 Å². The van der Waals surface area contributed by atoms with Gasteiger partial charge >= 0.3 is 0 Å². The van der Waals surface area contributed by atoms with Gasteiger partial charge in [0.05, 0.1) is 12.2 Å². The Morgan fingerprint density at radius 3 is 2.67 bits per heavy atom. The summed E-state index contributed by atoms with van der Waals surface area (Å²) in [6, 6.07) is 12.2. The molecule has 1 spiro atoms. The lowest BCUT2D eigenvalue weighted by molar-refractivity contribution is -0.135. The van der Waals surface area contributed by atoms with Crippen LogP contribution in [0, 0.1) is 11.3 Å². The summed E-state index contributed by atoms with van der Waals surface area (Å²) in [5.74, 6) is 0.501. The number of amides is 1. The van der Waals surface area contributed by atoms with Crippen LogP contribution in [-0.2, 0) is 17.9 Å². The van der Waals surface area contributed by atoms with E-state index in [4.69, 9.17) is 0 Å². The van der Waals surface area contributed by atoms with Gasteiger partial charge in [-0.1, -0.05) is 30.3 Å². The maximum absolute atomic E-state index is 13.2. The highest BCUT2D eigenvalue weighted by atomic mass is 16.2. The molecule has 2 fully saturated rings. The lowest BCUT2D eigenvalue weighted by Gasteiger charge is -2.27. The van der Waals surface area contributed by atoms with E-state index in [1.807, 2.05) is 29.2 Å². The van der Waals surface area contributed by atoms with Gasteiger partial charge in [-0.15, -0.1) is 0 Å². The third-order valence-electron chi connectivity index (χ3n) is 5.53. The fourth-order valence-electron chi connectivity index (χ4n) is 3.99. The molecule has 1 aromatic heterocycles. The highest BCUT2D eigenvalue weighted by Crippen LogP contribution is 2.59. The van der Waals surface area contributed by atoms with Crippen molar-refractivity contribution in [2.24, 2.45) is 11.3 Å². The Hall–Kier alpha value is -2.14. The van der Waals surface area contributed by atoms with E-state index in [1.165, 1.54) is 5.56 Å². The second-order valence-electron chi connectivity index (χ2n) is 7.13. The quantitative estimate of drug-likeness (QED) is 0.887. The molecule has 24 heavy (non-hydrogen) atoms. The third-order valence-corrected chi connectivity index (χ3v) is 5.53. The molecule has 1 aromatic carbocycles. The molecule has 2 aliphatic rings. The number of aromatic nitrogens is 2. The summed E-state index contributed by atoms with van der Waals surface area (Å²) in [4.78, 5) is 15.2. The van der Waals surface area contributed by atoms with E-state index in [-0.39, 0.29) is 11.3 Å². The van der Waals surface area contributed by atoms with Crippen molar-refractivity contribution in [2.45, 2.75) is 32.4 Å². The molecule has 1 saturated carbocycles. The lowest BCUT2D eigenvalue weighted by atomic mass is 9.91. The zero-order valence-electron chi connectivity index (χ0n) is 13.9. The van der Waals surface area contributed by atoms with Crippen LogP contribution in [0.15, 0.2) is 42.6 Å². The number of nitrogens with zero attached hydrogens (tertiary/aromatic N) is 2. The minimum absolute atomic E-state index is 0.200. The van der Waals surface area contributed by atoms with Crippen molar-refractivity contribution < 1.29 is 4.79 Å². The summed E-state index contributed by atoms with van der Waals surface area (Å²) in [7, 11) is 0. The van der Waals surface area contributed by atoms with Crippen LogP contribution in [0.25, 0.3) is 0 Å². The normalized spacial score (nSPS) is 21.6. The zero-order valence-corrected chi connectivity index (χ0v) is 13.9. The molecule has 126 valence electrons. The highest BCUT2D eigenvalue weighted by Gasteiger charge is 2.58. The van der Waals surface area contributed by atoms with Gasteiger partial charge in [0.15, 0.2) is 0 Å². The van der Waals surface area contributed by atoms with Gasteiger partial charge in [0, 0.05) is 18.7 Å². The molecular weight excluding hydrogens is 300 g/mol. The van der Waals surface area contributed by atoms with Crippen molar-refractivity contribution in [1.82, 2.24) is 20.4 Å². The zero-order chi connectivity index (χ0) is 16.4. The van der Waals surface area contributed by atoms with Gasteiger partial charge in [0.1, 0.15) is 0 Å². The maximum Gasteiger partial charge on any atom is 0.226 e. The highest BCUT2D eigenvalue weighted by molar-refractivity contribution is 5.82. The minimum atomic E-state index is 0.200. The molecule has 1 aliphatic heterocycles. The van der Waals surface area contributed by atoms with Crippen molar-refractivity contribution in [2.75, 3.05) is 13.1 Å². The number of H-pyrrole nitrogens is 1. The molecule has 2 heterocycles. The fraction of sp³-hybridized carbons (Fsp3) is 0.474. The van der Waals surface area contributed by atoms with Crippen LogP contribution in [0.2, 0.25) is 0 Å². The van der Waals surface area contributed by atoms with Crippen molar-refractivity contribution in [3.63, 3.8) is 0 Å². The van der Waals surface area contributed by atoms with Crippen molar-refractivity contribution in [3.05, 3.63) is 53.9 Å². The summed E-state index contributed by atoms with van der Waals surface area (Å²) < 4.78 is 0. The van der Waals surface area contributed by atoms with Crippen LogP contribution >= 0.6 is 0 Å². The average molecular weight is 324 g/mol. The average Bonchev–Trinajstić information content (AvgIpc) is 3.05. The topological polar surface area (TPSA) is 61.0 Å². The van der Waals surface area contributed by atoms with Gasteiger partial charge in [-0.2, -0.15) is 5.10 Å². The largest absolute Gasteiger partial charge is 0.332 e. The van der Waals surface area contributed by atoms with Crippen LogP contribution in [0.5, 0.6) is 0 Å². The molecule has 1 aliphatic carbocycles. The molecular formula is C19H24N4O. The van der Waals surface area contributed by atoms with Crippen molar-refractivity contribution in [1.29, 1.82) is 0 Å². The number of carbonyl (C=O) groups is 1. The lowest BCUT2D eigenvalue weighted by Crippen LogP contribution is -2.36. The van der Waals surface area contributed by atoms with Crippen LogP contribution in [-0.4, -0.2) is 34.1 Å². The molecule has 4 rings (SSSR count). The Balaban J connectivity index is 1.50. The molecule has 1 saturated heterocycles. The van der Waals surface area contributed by atoms with E-state index < -0.39 is 0 Å². The Labute approximate surface area is 142 Å². The van der Waals surface area contributed by atoms with Crippen molar-refractivity contribution >= 4 is 5.91 Å². The first-order valence-corrected chi connectivity index (χ1v) is 8.79. The van der Waals surface area contributed by atoms with E-state index in [1.54, 1.807) is 6.20 Å². The van der Waals surface area contributed by atoms with E-state index in [9.17, 15) is 4.79 Å². The molecule has 5 heteroatoms. The number of hydrogen-bond acceptors (Lipinski definition) is 3. The summed E-state index contributed by atoms with van der Waals surface area (Å²) in [5.41, 5.74) is 2.43. The van der Waals surface area contributed by atoms with E-state index in [0.29, 0.717) is 19.0 Å². The minimum Gasteiger partial charge on any atom is -0.332 e. The Morgan fingerprint density at radius 1 is 1.17 bits per heavy atom. The van der Waals surface area contributed by atoms with Crippen molar-refractivity contribution in [3.8, 4) is 0 Å². The monoisotopic (exact) mass is 324 g/mol. The SMILES string of the molecule is O=C(C1CC12CCNCC2)N(Cc1ccccc1)Cc1ccn[nH]1. The summed E-state index contributed by atoms with van der Waals surface area (Å²) in [5, 5.41) is 10.4. The summed E-state index contributed by atoms with van der Waals surface area (Å²) >= 11 is 0. The predicted molar refractivity (Wildman–Crippen MR) is 91.9 cm³/mol. The maximum atomic E-state index is 13.2. The first-order valence-electron chi connectivity index (χ1n) is 8.79. The number of carbonyl (C=O) groups excluding carboxylic acids is 1. The Kier molecular flexibility index (Phi) is 4.10. The molecule has 1 atom stereocenters. The summed E-state index contributed by atoms with van der Waals surface area (Å²) in [6.45, 7) is 3.34. The van der Waals surface area contributed by atoms with Gasteiger partial charge in [-0.3, -0.25) is 9.89 Å². The number of benzene rings is 1. The molecule has 0 bridgehead atoms.